The first-order chi connectivity index (χ1) is 13.6. The lowest BCUT2D eigenvalue weighted by Gasteiger charge is -2.06. The molecule has 0 unspecified atom stereocenters. The Labute approximate surface area is 165 Å². The van der Waals surface area contributed by atoms with Crippen LogP contribution in [0, 0.1) is 0 Å². The van der Waals surface area contributed by atoms with Crippen LogP contribution in [0.25, 0.3) is 0 Å². The van der Waals surface area contributed by atoms with Gasteiger partial charge in [-0.1, -0.05) is 51.0 Å². The number of ketones is 1. The molecule has 0 heterocycles. The van der Waals surface area contributed by atoms with Gasteiger partial charge < -0.3 is 9.47 Å². The molecule has 0 aliphatic rings. The van der Waals surface area contributed by atoms with Gasteiger partial charge in [-0.2, -0.15) is 0 Å². The Balaban J connectivity index is 1.99. The molecule has 0 aromatic heterocycles. The molecule has 0 atom stereocenters. The molecule has 148 valence electrons. The fraction of sp³-hybridized carbons (Fsp3) is 0.348. The number of carbonyl (C=O) groups is 3. The molecule has 28 heavy (non-hydrogen) atoms. The maximum Gasteiger partial charge on any atom is 0.338 e. The van der Waals surface area contributed by atoms with Crippen LogP contribution in [0.1, 0.15) is 76.2 Å². The van der Waals surface area contributed by atoms with Crippen LogP contribution < -0.4 is 0 Å². The fourth-order valence-electron chi connectivity index (χ4n) is 2.47. The van der Waals surface area contributed by atoms with Crippen molar-refractivity contribution >= 4 is 17.7 Å². The SMILES string of the molecule is CCCCOC(=O)c1ccc(C(=O)c2ccc(C(=O)OCCCC)cc2)cc1. The van der Waals surface area contributed by atoms with Gasteiger partial charge in [0.25, 0.3) is 0 Å². The second-order valence-electron chi connectivity index (χ2n) is 6.46. The zero-order valence-electron chi connectivity index (χ0n) is 16.4. The summed E-state index contributed by atoms with van der Waals surface area (Å²) < 4.78 is 10.3. The predicted octanol–water partition coefficient (Wildman–Crippen LogP) is 4.83. The van der Waals surface area contributed by atoms with Crippen molar-refractivity contribution in [3.63, 3.8) is 0 Å². The zero-order chi connectivity index (χ0) is 20.4. The van der Waals surface area contributed by atoms with E-state index in [0.717, 1.165) is 25.7 Å². The molecular formula is C23H26O5. The van der Waals surface area contributed by atoms with Crippen LogP contribution in [0.4, 0.5) is 0 Å². The van der Waals surface area contributed by atoms with E-state index in [1.165, 1.54) is 0 Å². The first-order valence-corrected chi connectivity index (χ1v) is 9.65. The number of hydrogen-bond donors (Lipinski definition) is 0. The lowest BCUT2D eigenvalue weighted by atomic mass is 10.0. The van der Waals surface area contributed by atoms with Gasteiger partial charge in [-0.05, 0) is 37.1 Å². The summed E-state index contributed by atoms with van der Waals surface area (Å²) in [5.74, 6) is -0.964. The van der Waals surface area contributed by atoms with Crippen molar-refractivity contribution in [3.8, 4) is 0 Å². The summed E-state index contributed by atoms with van der Waals surface area (Å²) in [6.45, 7) is 4.83. The molecule has 0 aliphatic heterocycles. The lowest BCUT2D eigenvalue weighted by Crippen LogP contribution is -2.08. The van der Waals surface area contributed by atoms with Crippen molar-refractivity contribution in [2.75, 3.05) is 13.2 Å². The van der Waals surface area contributed by atoms with Gasteiger partial charge in [-0.15, -0.1) is 0 Å². The number of hydrogen-bond acceptors (Lipinski definition) is 5. The van der Waals surface area contributed by atoms with E-state index in [0.29, 0.717) is 35.5 Å². The van der Waals surface area contributed by atoms with E-state index in [1.54, 1.807) is 48.5 Å². The van der Waals surface area contributed by atoms with Gasteiger partial charge in [0.2, 0.25) is 0 Å². The summed E-state index contributed by atoms with van der Waals surface area (Å²) in [5, 5.41) is 0. The van der Waals surface area contributed by atoms with E-state index in [1.807, 2.05) is 13.8 Å². The van der Waals surface area contributed by atoms with E-state index in [9.17, 15) is 14.4 Å². The summed E-state index contributed by atoms with van der Waals surface area (Å²) in [6, 6.07) is 12.7. The van der Waals surface area contributed by atoms with E-state index in [-0.39, 0.29) is 5.78 Å². The van der Waals surface area contributed by atoms with Crippen molar-refractivity contribution in [2.45, 2.75) is 39.5 Å². The molecule has 0 saturated carbocycles. The van der Waals surface area contributed by atoms with E-state index in [4.69, 9.17) is 9.47 Å². The van der Waals surface area contributed by atoms with Crippen LogP contribution in [-0.2, 0) is 9.47 Å². The van der Waals surface area contributed by atoms with Crippen molar-refractivity contribution in [1.29, 1.82) is 0 Å². The second kappa shape index (κ2) is 11.0. The molecule has 0 spiro atoms. The van der Waals surface area contributed by atoms with Gasteiger partial charge in [-0.25, -0.2) is 9.59 Å². The highest BCUT2D eigenvalue weighted by molar-refractivity contribution is 6.09. The minimum absolute atomic E-state index is 0.184. The molecule has 5 nitrogen and oxygen atoms in total. The number of benzene rings is 2. The van der Waals surface area contributed by atoms with Crippen LogP contribution in [-0.4, -0.2) is 30.9 Å². The van der Waals surface area contributed by atoms with Crippen LogP contribution in [0.15, 0.2) is 48.5 Å². The van der Waals surface area contributed by atoms with Crippen LogP contribution in [0.2, 0.25) is 0 Å². The Morgan fingerprint density at radius 1 is 0.607 bits per heavy atom. The summed E-state index contributed by atoms with van der Waals surface area (Å²) in [6.07, 6.45) is 3.56. The quantitative estimate of drug-likeness (QED) is 0.334. The van der Waals surface area contributed by atoms with Gasteiger partial charge in [0.05, 0.1) is 24.3 Å². The van der Waals surface area contributed by atoms with Crippen LogP contribution >= 0.6 is 0 Å². The second-order valence-corrected chi connectivity index (χ2v) is 6.46. The summed E-state index contributed by atoms with van der Waals surface area (Å²) >= 11 is 0. The zero-order valence-corrected chi connectivity index (χ0v) is 16.4. The maximum atomic E-state index is 12.6. The first kappa shape index (κ1) is 21.4. The normalized spacial score (nSPS) is 10.4. The van der Waals surface area contributed by atoms with Gasteiger partial charge in [0, 0.05) is 11.1 Å². The number of unbranched alkanes of at least 4 members (excludes halogenated alkanes) is 2. The van der Waals surface area contributed by atoms with E-state index < -0.39 is 11.9 Å². The molecule has 2 aromatic carbocycles. The molecule has 2 aromatic rings. The lowest BCUT2D eigenvalue weighted by molar-refractivity contribution is 0.0490. The maximum absolute atomic E-state index is 12.6. The molecular weight excluding hydrogens is 356 g/mol. The number of ether oxygens (including phenoxy) is 2. The van der Waals surface area contributed by atoms with Crippen LogP contribution in [0.5, 0.6) is 0 Å². The minimum Gasteiger partial charge on any atom is -0.462 e. The third-order valence-electron chi connectivity index (χ3n) is 4.23. The molecule has 5 heteroatoms. The molecule has 0 bridgehead atoms. The first-order valence-electron chi connectivity index (χ1n) is 9.65. The largest absolute Gasteiger partial charge is 0.462 e. The molecule has 0 amide bonds. The van der Waals surface area contributed by atoms with Crippen molar-refractivity contribution in [2.24, 2.45) is 0 Å². The van der Waals surface area contributed by atoms with Crippen LogP contribution in [0.3, 0.4) is 0 Å². The Hall–Kier alpha value is -2.95. The highest BCUT2D eigenvalue weighted by atomic mass is 16.5. The molecule has 0 N–H and O–H groups in total. The molecule has 0 saturated heterocycles. The standard InChI is InChI=1S/C23H26O5/c1-3-5-15-27-22(25)19-11-7-17(8-12-19)21(24)18-9-13-20(14-10-18)23(26)28-16-6-4-2/h7-14H,3-6,15-16H2,1-2H3. The van der Waals surface area contributed by atoms with Crippen molar-refractivity contribution in [3.05, 3.63) is 70.8 Å². The van der Waals surface area contributed by atoms with E-state index >= 15 is 0 Å². The van der Waals surface area contributed by atoms with Gasteiger partial charge in [0.1, 0.15) is 0 Å². The third kappa shape index (κ3) is 6.05. The number of esters is 2. The Morgan fingerprint density at radius 2 is 0.929 bits per heavy atom. The Kier molecular flexibility index (Phi) is 8.40. The monoisotopic (exact) mass is 382 g/mol. The van der Waals surface area contributed by atoms with Gasteiger partial charge >= 0.3 is 11.9 Å². The van der Waals surface area contributed by atoms with E-state index in [2.05, 4.69) is 0 Å². The van der Waals surface area contributed by atoms with Crippen molar-refractivity contribution in [1.82, 2.24) is 0 Å². The average Bonchev–Trinajstić information content (AvgIpc) is 2.73. The number of rotatable bonds is 10. The fourth-order valence-corrected chi connectivity index (χ4v) is 2.47. The summed E-state index contributed by atoms with van der Waals surface area (Å²) in [7, 11) is 0. The molecule has 2 rings (SSSR count). The molecule has 0 aliphatic carbocycles. The highest BCUT2D eigenvalue weighted by Crippen LogP contribution is 2.14. The summed E-state index contributed by atoms with van der Waals surface area (Å²) in [5.41, 5.74) is 1.75. The Morgan fingerprint density at radius 3 is 1.25 bits per heavy atom. The van der Waals surface area contributed by atoms with Crippen molar-refractivity contribution < 1.29 is 23.9 Å². The van der Waals surface area contributed by atoms with Gasteiger partial charge in [0.15, 0.2) is 5.78 Å². The molecule has 0 radical (unpaired) electrons. The topological polar surface area (TPSA) is 69.7 Å². The Bertz CT molecular complexity index is 723. The molecule has 0 fully saturated rings. The predicted molar refractivity (Wildman–Crippen MR) is 107 cm³/mol. The summed E-state index contributed by atoms with van der Waals surface area (Å²) in [4.78, 5) is 36.4. The van der Waals surface area contributed by atoms with Gasteiger partial charge in [-0.3, -0.25) is 4.79 Å². The highest BCUT2D eigenvalue weighted by Gasteiger charge is 2.13. The minimum atomic E-state index is -0.390. The average molecular weight is 382 g/mol. The smallest absolute Gasteiger partial charge is 0.338 e. The number of carbonyl (C=O) groups excluding carboxylic acids is 3. The third-order valence-corrected chi connectivity index (χ3v) is 4.23.